The highest BCUT2D eigenvalue weighted by Gasteiger charge is 2.12. The van der Waals surface area contributed by atoms with Gasteiger partial charge in [0.15, 0.2) is 0 Å². The van der Waals surface area contributed by atoms with Gasteiger partial charge in [0.1, 0.15) is 5.75 Å². The monoisotopic (exact) mass is 287 g/mol. The lowest BCUT2D eigenvalue weighted by Crippen LogP contribution is -2.26. The molecule has 0 aliphatic rings. The van der Waals surface area contributed by atoms with Crippen molar-refractivity contribution in [3.8, 4) is 5.75 Å². The maximum Gasteiger partial charge on any atom is 0.304 e. The topological polar surface area (TPSA) is 72.5 Å². The Morgan fingerprint density at radius 3 is 2.88 bits per heavy atom. The summed E-state index contributed by atoms with van der Waals surface area (Å²) in [6.07, 6.45) is 0.435. The molecule has 0 aliphatic carbocycles. The van der Waals surface area contributed by atoms with E-state index in [1.807, 2.05) is 18.2 Å². The van der Waals surface area contributed by atoms with E-state index in [2.05, 4.69) is 15.9 Å². The van der Waals surface area contributed by atoms with Gasteiger partial charge in [-0.2, -0.15) is 0 Å². The Morgan fingerprint density at radius 1 is 1.62 bits per heavy atom. The molecule has 0 saturated carbocycles. The molecule has 1 atom stereocenters. The molecule has 1 aromatic rings. The molecule has 0 bridgehead atoms. The van der Waals surface area contributed by atoms with Crippen LogP contribution < -0.4 is 10.5 Å². The van der Waals surface area contributed by atoms with Gasteiger partial charge in [-0.1, -0.05) is 15.9 Å². The molecule has 3 N–H and O–H groups in total. The quantitative estimate of drug-likeness (QED) is 0.866. The first kappa shape index (κ1) is 13.0. The minimum absolute atomic E-state index is 0.0460. The number of halogens is 1. The highest BCUT2D eigenvalue weighted by atomic mass is 79.9. The summed E-state index contributed by atoms with van der Waals surface area (Å²) in [5.41, 5.74) is 6.64. The lowest BCUT2D eigenvalue weighted by molar-refractivity contribution is -0.137. The highest BCUT2D eigenvalue weighted by molar-refractivity contribution is 9.10. The number of rotatable bonds is 5. The first-order valence-corrected chi connectivity index (χ1v) is 5.62. The fourth-order valence-electron chi connectivity index (χ4n) is 1.49. The second-order valence-corrected chi connectivity index (χ2v) is 4.43. The lowest BCUT2D eigenvalue weighted by Gasteiger charge is -2.12. The van der Waals surface area contributed by atoms with Gasteiger partial charge in [-0.3, -0.25) is 4.79 Å². The Labute approximate surface area is 103 Å². The number of carbonyl (C=O) groups is 1. The SMILES string of the molecule is COc1ccc(Br)cc1CC(N)CC(=O)O. The predicted molar refractivity (Wildman–Crippen MR) is 64.6 cm³/mol. The zero-order valence-electron chi connectivity index (χ0n) is 8.94. The van der Waals surface area contributed by atoms with E-state index in [4.69, 9.17) is 15.6 Å². The number of nitrogens with two attached hydrogens (primary N) is 1. The molecule has 1 aromatic carbocycles. The third-order valence-corrected chi connectivity index (χ3v) is 2.65. The van der Waals surface area contributed by atoms with Gasteiger partial charge >= 0.3 is 5.97 Å². The number of carboxylic acids is 1. The highest BCUT2D eigenvalue weighted by Crippen LogP contribution is 2.24. The second-order valence-electron chi connectivity index (χ2n) is 3.52. The Hall–Kier alpha value is -1.07. The number of hydrogen-bond donors (Lipinski definition) is 2. The second kappa shape index (κ2) is 5.86. The summed E-state index contributed by atoms with van der Waals surface area (Å²) in [6, 6.07) is 5.18. The first-order chi connectivity index (χ1) is 7.52. The van der Waals surface area contributed by atoms with Gasteiger partial charge in [0.2, 0.25) is 0 Å². The van der Waals surface area contributed by atoms with E-state index in [0.717, 1.165) is 15.8 Å². The van der Waals surface area contributed by atoms with Gasteiger partial charge < -0.3 is 15.6 Å². The summed E-state index contributed by atoms with van der Waals surface area (Å²) in [7, 11) is 1.58. The Balaban J connectivity index is 2.78. The van der Waals surface area contributed by atoms with Crippen molar-refractivity contribution in [1.82, 2.24) is 0 Å². The molecule has 5 heteroatoms. The molecular weight excluding hydrogens is 274 g/mol. The van der Waals surface area contributed by atoms with Crippen LogP contribution in [0.15, 0.2) is 22.7 Å². The number of carboxylic acid groups (broad SMARTS) is 1. The van der Waals surface area contributed by atoms with Crippen molar-refractivity contribution in [3.63, 3.8) is 0 Å². The van der Waals surface area contributed by atoms with Crippen LogP contribution >= 0.6 is 15.9 Å². The molecular formula is C11H14BrNO3. The Kier molecular flexibility index (Phi) is 4.76. The smallest absolute Gasteiger partial charge is 0.304 e. The van der Waals surface area contributed by atoms with Gasteiger partial charge in [-0.05, 0) is 30.2 Å². The number of methoxy groups -OCH3 is 1. The summed E-state index contributed by atoms with van der Waals surface area (Å²) in [6.45, 7) is 0. The first-order valence-electron chi connectivity index (χ1n) is 4.82. The number of aliphatic carboxylic acids is 1. The largest absolute Gasteiger partial charge is 0.496 e. The fraction of sp³-hybridized carbons (Fsp3) is 0.364. The van der Waals surface area contributed by atoms with Gasteiger partial charge in [-0.25, -0.2) is 0 Å². The minimum Gasteiger partial charge on any atom is -0.496 e. The lowest BCUT2D eigenvalue weighted by atomic mass is 10.0. The maximum atomic E-state index is 10.5. The number of ether oxygens (including phenoxy) is 1. The molecule has 0 spiro atoms. The molecule has 0 aromatic heterocycles. The van der Waals surface area contributed by atoms with Gasteiger partial charge in [0.05, 0.1) is 13.5 Å². The minimum atomic E-state index is -0.888. The molecule has 0 radical (unpaired) electrons. The zero-order valence-corrected chi connectivity index (χ0v) is 10.5. The van der Waals surface area contributed by atoms with Crippen LogP contribution in [0.5, 0.6) is 5.75 Å². The van der Waals surface area contributed by atoms with Crippen LogP contribution in [0.3, 0.4) is 0 Å². The third-order valence-electron chi connectivity index (χ3n) is 2.16. The average molecular weight is 288 g/mol. The summed E-state index contributed by atoms with van der Waals surface area (Å²) in [5.74, 6) is -0.162. The fourth-order valence-corrected chi connectivity index (χ4v) is 1.89. The molecule has 0 aliphatic heterocycles. The van der Waals surface area contributed by atoms with Crippen molar-refractivity contribution >= 4 is 21.9 Å². The van der Waals surface area contributed by atoms with Crippen LogP contribution in [-0.4, -0.2) is 24.2 Å². The average Bonchev–Trinajstić information content (AvgIpc) is 2.16. The molecule has 16 heavy (non-hydrogen) atoms. The van der Waals surface area contributed by atoms with Gasteiger partial charge in [0.25, 0.3) is 0 Å². The van der Waals surface area contributed by atoms with E-state index in [0.29, 0.717) is 6.42 Å². The Morgan fingerprint density at radius 2 is 2.31 bits per heavy atom. The number of hydrogen-bond acceptors (Lipinski definition) is 3. The van der Waals surface area contributed by atoms with Crippen molar-refractivity contribution in [2.45, 2.75) is 18.9 Å². The van der Waals surface area contributed by atoms with Crippen LogP contribution in [0.1, 0.15) is 12.0 Å². The van der Waals surface area contributed by atoms with E-state index in [9.17, 15) is 4.79 Å². The molecule has 0 saturated heterocycles. The summed E-state index contributed by atoms with van der Waals surface area (Å²) in [4.78, 5) is 10.5. The van der Waals surface area contributed by atoms with Crippen molar-refractivity contribution in [2.24, 2.45) is 5.73 Å². The van der Waals surface area contributed by atoms with Crippen LogP contribution in [-0.2, 0) is 11.2 Å². The molecule has 0 amide bonds. The van der Waals surface area contributed by atoms with Crippen LogP contribution in [0.2, 0.25) is 0 Å². The maximum absolute atomic E-state index is 10.5. The van der Waals surface area contributed by atoms with Crippen LogP contribution in [0.25, 0.3) is 0 Å². The summed E-state index contributed by atoms with van der Waals surface area (Å²) < 4.78 is 6.10. The van der Waals surface area contributed by atoms with Crippen molar-refractivity contribution < 1.29 is 14.6 Å². The normalized spacial score (nSPS) is 12.2. The molecule has 0 fully saturated rings. The van der Waals surface area contributed by atoms with Crippen molar-refractivity contribution in [3.05, 3.63) is 28.2 Å². The molecule has 1 unspecified atom stereocenters. The predicted octanol–water partition coefficient (Wildman–Crippen LogP) is 1.80. The molecule has 88 valence electrons. The summed E-state index contributed by atoms with van der Waals surface area (Å²) >= 11 is 3.35. The molecule has 1 rings (SSSR count). The van der Waals surface area contributed by atoms with E-state index >= 15 is 0 Å². The third kappa shape index (κ3) is 3.83. The van der Waals surface area contributed by atoms with E-state index in [-0.39, 0.29) is 6.42 Å². The van der Waals surface area contributed by atoms with Gasteiger partial charge in [0, 0.05) is 10.5 Å². The standard InChI is InChI=1S/C11H14BrNO3/c1-16-10-3-2-8(12)4-7(10)5-9(13)6-11(14)15/h2-4,9H,5-6,13H2,1H3,(H,14,15). The van der Waals surface area contributed by atoms with E-state index in [1.165, 1.54) is 0 Å². The Bertz CT molecular complexity index is 381. The van der Waals surface area contributed by atoms with Crippen molar-refractivity contribution in [1.29, 1.82) is 0 Å². The number of benzene rings is 1. The van der Waals surface area contributed by atoms with E-state index in [1.54, 1.807) is 7.11 Å². The molecule has 4 nitrogen and oxygen atoms in total. The van der Waals surface area contributed by atoms with Crippen molar-refractivity contribution in [2.75, 3.05) is 7.11 Å². The summed E-state index contributed by atoms with van der Waals surface area (Å²) in [5, 5.41) is 8.62. The van der Waals surface area contributed by atoms with E-state index < -0.39 is 12.0 Å². The molecule has 0 heterocycles. The van der Waals surface area contributed by atoms with Crippen LogP contribution in [0.4, 0.5) is 0 Å². The van der Waals surface area contributed by atoms with Crippen LogP contribution in [0, 0.1) is 0 Å². The zero-order chi connectivity index (χ0) is 12.1. The van der Waals surface area contributed by atoms with Gasteiger partial charge in [-0.15, -0.1) is 0 Å².